The number of halogens is 2. The molecule has 0 fully saturated rings. The van der Waals surface area contributed by atoms with Crippen LogP contribution >= 0.6 is 35.3 Å². The predicted molar refractivity (Wildman–Crippen MR) is 80.4 cm³/mol. The lowest BCUT2D eigenvalue weighted by Gasteiger charge is -2.23. The summed E-state index contributed by atoms with van der Waals surface area (Å²) in [5.74, 6) is -0.109. The Hall–Kier alpha value is -0.550. The number of carbonyl (C=O) groups excluding carboxylic acids is 1. The average molecular weight is 309 g/mol. The first-order valence-corrected chi connectivity index (χ1v) is 6.62. The van der Waals surface area contributed by atoms with E-state index in [1.807, 2.05) is 19.1 Å². The van der Waals surface area contributed by atoms with Gasteiger partial charge in [-0.1, -0.05) is 24.6 Å². The fraction of sp³-hybridized carbons (Fsp3) is 0.417. The van der Waals surface area contributed by atoms with Gasteiger partial charge in [-0.2, -0.15) is 0 Å². The first-order valence-electron chi connectivity index (χ1n) is 5.42. The smallest absolute Gasteiger partial charge is 0.227 e. The van der Waals surface area contributed by atoms with E-state index in [0.717, 1.165) is 9.21 Å². The van der Waals surface area contributed by atoms with E-state index in [4.69, 9.17) is 17.3 Å². The van der Waals surface area contributed by atoms with Gasteiger partial charge in [-0.15, -0.1) is 30.3 Å². The van der Waals surface area contributed by atoms with Gasteiger partial charge in [0.1, 0.15) is 0 Å². The minimum Gasteiger partial charge on any atom is -0.334 e. The average Bonchev–Trinajstić information content (AvgIpc) is 2.72. The van der Waals surface area contributed by atoms with Gasteiger partial charge in [0.25, 0.3) is 0 Å². The lowest BCUT2D eigenvalue weighted by molar-refractivity contribution is -0.134. The highest BCUT2D eigenvalue weighted by atomic mass is 35.5. The summed E-state index contributed by atoms with van der Waals surface area (Å²) in [7, 11) is 0. The molecule has 2 N–H and O–H groups in total. The molecule has 0 aliphatic carbocycles. The molecule has 0 saturated carbocycles. The summed E-state index contributed by atoms with van der Waals surface area (Å²) >= 11 is 7.35. The fourth-order valence-corrected chi connectivity index (χ4v) is 2.53. The molecule has 0 bridgehead atoms. The molecule has 6 heteroatoms. The Kier molecular flexibility index (Phi) is 8.27. The van der Waals surface area contributed by atoms with E-state index in [1.165, 1.54) is 11.3 Å². The van der Waals surface area contributed by atoms with Gasteiger partial charge in [-0.25, -0.2) is 0 Å². The highest BCUT2D eigenvalue weighted by molar-refractivity contribution is 7.16. The molecule has 102 valence electrons. The number of carbonyl (C=O) groups is 1. The largest absolute Gasteiger partial charge is 0.334 e. The van der Waals surface area contributed by atoms with Crippen molar-refractivity contribution in [3.05, 3.63) is 34.0 Å². The molecular formula is C12H18Cl2N2OS. The van der Waals surface area contributed by atoms with E-state index in [0.29, 0.717) is 19.6 Å². The van der Waals surface area contributed by atoms with E-state index >= 15 is 0 Å². The third-order valence-corrected chi connectivity index (χ3v) is 3.63. The first kappa shape index (κ1) is 17.4. The maximum Gasteiger partial charge on any atom is 0.227 e. The molecule has 1 rings (SSSR count). The topological polar surface area (TPSA) is 46.3 Å². The fourth-order valence-electron chi connectivity index (χ4n) is 1.43. The van der Waals surface area contributed by atoms with E-state index in [1.54, 1.807) is 11.0 Å². The molecule has 1 aromatic heterocycles. The van der Waals surface area contributed by atoms with Crippen LogP contribution in [0.15, 0.2) is 24.8 Å². The van der Waals surface area contributed by atoms with Crippen LogP contribution in [0.25, 0.3) is 0 Å². The standard InChI is InChI=1S/C12H17ClN2OS.ClH/c1-3-6-15(12(16)9(2)7-14)8-10-4-5-11(13)17-10;/h3-5,9H,1,6-8,14H2,2H3;1H. The van der Waals surface area contributed by atoms with Gasteiger partial charge >= 0.3 is 0 Å². The second-order valence-corrected chi connectivity index (χ2v) is 5.65. The summed E-state index contributed by atoms with van der Waals surface area (Å²) in [6, 6.07) is 3.77. The minimum absolute atomic E-state index is 0. The first-order chi connectivity index (χ1) is 8.08. The Bertz CT molecular complexity index is 395. The Morgan fingerprint density at radius 1 is 1.67 bits per heavy atom. The van der Waals surface area contributed by atoms with E-state index in [2.05, 4.69) is 6.58 Å². The second-order valence-electron chi connectivity index (χ2n) is 3.85. The Balaban J connectivity index is 0.00000289. The zero-order chi connectivity index (χ0) is 12.8. The van der Waals surface area contributed by atoms with Crippen LogP contribution in [-0.4, -0.2) is 23.9 Å². The molecule has 1 atom stereocenters. The van der Waals surface area contributed by atoms with Gasteiger partial charge in [-0.05, 0) is 12.1 Å². The van der Waals surface area contributed by atoms with Crippen molar-refractivity contribution in [1.82, 2.24) is 4.90 Å². The number of nitrogens with zero attached hydrogens (tertiary/aromatic N) is 1. The predicted octanol–water partition coefficient (Wildman–Crippen LogP) is 2.93. The van der Waals surface area contributed by atoms with Crippen molar-refractivity contribution in [3.8, 4) is 0 Å². The normalized spacial score (nSPS) is 11.5. The third kappa shape index (κ3) is 4.98. The van der Waals surface area contributed by atoms with Crippen LogP contribution in [-0.2, 0) is 11.3 Å². The minimum atomic E-state index is -0.162. The molecule has 1 heterocycles. The SMILES string of the molecule is C=CCN(Cc1ccc(Cl)s1)C(=O)C(C)CN.Cl. The van der Waals surface area contributed by atoms with Crippen molar-refractivity contribution in [2.75, 3.05) is 13.1 Å². The van der Waals surface area contributed by atoms with Crippen LogP contribution < -0.4 is 5.73 Å². The van der Waals surface area contributed by atoms with Gasteiger partial charge in [0, 0.05) is 23.9 Å². The number of thiophene rings is 1. The highest BCUT2D eigenvalue weighted by Gasteiger charge is 2.19. The molecule has 0 saturated heterocycles. The second kappa shape index (κ2) is 8.53. The van der Waals surface area contributed by atoms with E-state index in [9.17, 15) is 4.79 Å². The molecule has 1 aromatic rings. The highest BCUT2D eigenvalue weighted by Crippen LogP contribution is 2.23. The molecular weight excluding hydrogens is 291 g/mol. The summed E-state index contributed by atoms with van der Waals surface area (Å²) in [6.07, 6.45) is 1.72. The number of hydrogen-bond acceptors (Lipinski definition) is 3. The Morgan fingerprint density at radius 2 is 2.33 bits per heavy atom. The molecule has 1 unspecified atom stereocenters. The van der Waals surface area contributed by atoms with Crippen LogP contribution in [0.4, 0.5) is 0 Å². The Morgan fingerprint density at radius 3 is 2.78 bits per heavy atom. The van der Waals surface area contributed by atoms with Crippen molar-refractivity contribution in [3.63, 3.8) is 0 Å². The maximum absolute atomic E-state index is 12.0. The van der Waals surface area contributed by atoms with Crippen molar-refractivity contribution in [2.45, 2.75) is 13.5 Å². The summed E-state index contributed by atoms with van der Waals surface area (Å²) in [6.45, 7) is 6.95. The van der Waals surface area contributed by atoms with E-state index in [-0.39, 0.29) is 24.2 Å². The van der Waals surface area contributed by atoms with Crippen LogP contribution in [0.5, 0.6) is 0 Å². The summed E-state index contributed by atoms with van der Waals surface area (Å²) < 4.78 is 0.734. The van der Waals surface area contributed by atoms with Gasteiger partial charge in [0.15, 0.2) is 0 Å². The van der Waals surface area contributed by atoms with Gasteiger partial charge < -0.3 is 10.6 Å². The van der Waals surface area contributed by atoms with Gasteiger partial charge in [0.05, 0.1) is 10.9 Å². The van der Waals surface area contributed by atoms with Crippen LogP contribution in [0.2, 0.25) is 4.34 Å². The lowest BCUT2D eigenvalue weighted by atomic mass is 10.1. The lowest BCUT2D eigenvalue weighted by Crippen LogP contribution is -2.37. The molecule has 3 nitrogen and oxygen atoms in total. The molecule has 0 aromatic carbocycles. The van der Waals surface area contributed by atoms with E-state index < -0.39 is 0 Å². The molecule has 0 spiro atoms. The molecule has 0 aliphatic heterocycles. The van der Waals surface area contributed by atoms with Gasteiger partial charge in [0.2, 0.25) is 5.91 Å². The van der Waals surface area contributed by atoms with Crippen LogP contribution in [0.3, 0.4) is 0 Å². The molecule has 1 amide bonds. The molecule has 18 heavy (non-hydrogen) atoms. The number of rotatable bonds is 6. The van der Waals surface area contributed by atoms with Crippen LogP contribution in [0, 0.1) is 5.92 Å². The third-order valence-electron chi connectivity index (χ3n) is 2.41. The van der Waals surface area contributed by atoms with Crippen molar-refractivity contribution >= 4 is 41.3 Å². The quantitative estimate of drug-likeness (QED) is 0.821. The molecule has 0 radical (unpaired) electrons. The van der Waals surface area contributed by atoms with Gasteiger partial charge in [-0.3, -0.25) is 4.79 Å². The Labute approximate surface area is 123 Å². The number of hydrogen-bond donors (Lipinski definition) is 1. The van der Waals surface area contributed by atoms with Crippen molar-refractivity contribution in [1.29, 1.82) is 0 Å². The van der Waals surface area contributed by atoms with Crippen molar-refractivity contribution in [2.24, 2.45) is 11.7 Å². The maximum atomic E-state index is 12.0. The number of nitrogens with two attached hydrogens (primary N) is 1. The zero-order valence-corrected chi connectivity index (χ0v) is 12.7. The molecule has 0 aliphatic rings. The summed E-state index contributed by atoms with van der Waals surface area (Å²) in [5.41, 5.74) is 5.51. The number of amides is 1. The van der Waals surface area contributed by atoms with Crippen LogP contribution in [0.1, 0.15) is 11.8 Å². The monoisotopic (exact) mass is 308 g/mol. The summed E-state index contributed by atoms with van der Waals surface area (Å²) in [5, 5.41) is 0. The summed E-state index contributed by atoms with van der Waals surface area (Å²) in [4.78, 5) is 14.9. The van der Waals surface area contributed by atoms with Crippen molar-refractivity contribution < 1.29 is 4.79 Å². The zero-order valence-electron chi connectivity index (χ0n) is 10.3.